The van der Waals surface area contributed by atoms with E-state index >= 15 is 0 Å². The summed E-state index contributed by atoms with van der Waals surface area (Å²) in [5.41, 5.74) is 2.55. The summed E-state index contributed by atoms with van der Waals surface area (Å²) in [5, 5.41) is 3.45. The third-order valence-corrected chi connectivity index (χ3v) is 4.83. The van der Waals surface area contributed by atoms with Gasteiger partial charge in [0.2, 0.25) is 0 Å². The molecule has 0 amide bonds. The number of rotatable bonds is 5. The quantitative estimate of drug-likeness (QED) is 0.883. The lowest BCUT2D eigenvalue weighted by Crippen LogP contribution is -2.36. The Bertz CT molecular complexity index is 452. The van der Waals surface area contributed by atoms with Gasteiger partial charge < -0.3 is 15.0 Å². The fourth-order valence-corrected chi connectivity index (χ4v) is 3.59. The van der Waals surface area contributed by atoms with Gasteiger partial charge in [-0.05, 0) is 60.4 Å². The van der Waals surface area contributed by atoms with Crippen LogP contribution >= 0.6 is 15.9 Å². The van der Waals surface area contributed by atoms with Crippen LogP contribution in [0, 0.1) is 0 Å². The molecule has 1 N–H and O–H groups in total. The Morgan fingerprint density at radius 1 is 1.50 bits per heavy atom. The molecule has 112 valence electrons. The zero-order chi connectivity index (χ0) is 14.7. The fraction of sp³-hybridized carbons (Fsp3) is 0.625. The Hall–Kier alpha value is -0.580. The summed E-state index contributed by atoms with van der Waals surface area (Å²) < 4.78 is 6.83. The van der Waals surface area contributed by atoms with Crippen molar-refractivity contribution in [1.82, 2.24) is 5.32 Å². The van der Waals surface area contributed by atoms with Crippen molar-refractivity contribution in [3.8, 4) is 0 Å². The van der Waals surface area contributed by atoms with E-state index in [0.717, 1.165) is 24.0 Å². The lowest BCUT2D eigenvalue weighted by Gasteiger charge is -2.30. The summed E-state index contributed by atoms with van der Waals surface area (Å²) in [4.78, 5) is 2.34. The van der Waals surface area contributed by atoms with Crippen LogP contribution < -0.4 is 10.2 Å². The monoisotopic (exact) mass is 340 g/mol. The molecule has 1 fully saturated rings. The second-order valence-electron chi connectivity index (χ2n) is 5.53. The van der Waals surface area contributed by atoms with E-state index in [1.54, 1.807) is 0 Å². The SMILES string of the molecule is CCNC(C)c1ccc(N(C)C2CCOC2C)c(Br)c1. The Morgan fingerprint density at radius 2 is 2.25 bits per heavy atom. The number of benzene rings is 1. The fourth-order valence-electron chi connectivity index (χ4n) is 2.91. The van der Waals surface area contributed by atoms with Gasteiger partial charge in [-0.2, -0.15) is 0 Å². The van der Waals surface area contributed by atoms with E-state index in [9.17, 15) is 0 Å². The van der Waals surface area contributed by atoms with Gasteiger partial charge in [-0.25, -0.2) is 0 Å². The van der Waals surface area contributed by atoms with E-state index in [-0.39, 0.29) is 0 Å². The molecular formula is C16H25BrN2O. The van der Waals surface area contributed by atoms with Gasteiger partial charge >= 0.3 is 0 Å². The zero-order valence-corrected chi connectivity index (χ0v) is 14.4. The van der Waals surface area contributed by atoms with E-state index in [0.29, 0.717) is 18.2 Å². The highest BCUT2D eigenvalue weighted by atomic mass is 79.9. The van der Waals surface area contributed by atoms with Crippen LogP contribution in [0.4, 0.5) is 5.69 Å². The van der Waals surface area contributed by atoms with Crippen LogP contribution in [-0.4, -0.2) is 32.3 Å². The normalized spacial score (nSPS) is 23.9. The Labute approximate surface area is 130 Å². The lowest BCUT2D eigenvalue weighted by molar-refractivity contribution is 0.118. The molecule has 3 unspecified atom stereocenters. The Balaban J connectivity index is 2.16. The molecule has 0 spiro atoms. The molecule has 0 aromatic heterocycles. The maximum absolute atomic E-state index is 5.67. The predicted molar refractivity (Wildman–Crippen MR) is 88.5 cm³/mol. The number of likely N-dealkylation sites (N-methyl/N-ethyl adjacent to an activating group) is 1. The molecule has 1 aliphatic heterocycles. The van der Waals surface area contributed by atoms with E-state index in [1.165, 1.54) is 11.3 Å². The Morgan fingerprint density at radius 3 is 2.80 bits per heavy atom. The molecule has 0 radical (unpaired) electrons. The summed E-state index contributed by atoms with van der Waals surface area (Å²) in [7, 11) is 2.16. The van der Waals surface area contributed by atoms with Crippen LogP contribution in [0.3, 0.4) is 0 Å². The van der Waals surface area contributed by atoms with Crippen LogP contribution in [0.15, 0.2) is 22.7 Å². The van der Waals surface area contributed by atoms with E-state index in [4.69, 9.17) is 4.74 Å². The van der Waals surface area contributed by atoms with Crippen molar-refractivity contribution in [2.75, 3.05) is 25.1 Å². The van der Waals surface area contributed by atoms with Crippen LogP contribution in [0.25, 0.3) is 0 Å². The highest BCUT2D eigenvalue weighted by Gasteiger charge is 2.28. The molecule has 1 aromatic rings. The van der Waals surface area contributed by atoms with Gasteiger partial charge in [0.05, 0.1) is 17.8 Å². The number of halogens is 1. The van der Waals surface area contributed by atoms with E-state index < -0.39 is 0 Å². The van der Waals surface area contributed by atoms with Crippen LogP contribution in [0.1, 0.15) is 38.8 Å². The number of ether oxygens (including phenoxy) is 1. The van der Waals surface area contributed by atoms with Crippen LogP contribution in [0.2, 0.25) is 0 Å². The van der Waals surface area contributed by atoms with Gasteiger partial charge in [-0.15, -0.1) is 0 Å². The molecule has 0 bridgehead atoms. The third kappa shape index (κ3) is 3.35. The van der Waals surface area contributed by atoms with Crippen molar-refractivity contribution in [3.63, 3.8) is 0 Å². The molecular weight excluding hydrogens is 316 g/mol. The van der Waals surface area contributed by atoms with E-state index in [1.807, 2.05) is 0 Å². The van der Waals surface area contributed by atoms with Gasteiger partial charge in [-0.3, -0.25) is 0 Å². The molecule has 3 atom stereocenters. The summed E-state index contributed by atoms with van der Waals surface area (Å²) in [6.45, 7) is 8.33. The van der Waals surface area contributed by atoms with Gasteiger partial charge in [-0.1, -0.05) is 13.0 Å². The summed E-state index contributed by atoms with van der Waals surface area (Å²) >= 11 is 3.72. The molecule has 4 heteroatoms. The minimum absolute atomic E-state index is 0.298. The standard InChI is InChI=1S/C16H25BrN2O/c1-5-18-11(2)13-6-7-16(14(17)10-13)19(4)15-8-9-20-12(15)3/h6-7,10-12,15,18H,5,8-9H2,1-4H3. The highest BCUT2D eigenvalue weighted by Crippen LogP contribution is 2.32. The maximum atomic E-state index is 5.67. The Kier molecular flexibility index (Phi) is 5.47. The third-order valence-electron chi connectivity index (χ3n) is 4.20. The predicted octanol–water partition coefficient (Wildman–Crippen LogP) is 3.73. The minimum atomic E-state index is 0.298. The number of nitrogens with one attached hydrogen (secondary N) is 1. The first-order valence-corrected chi connectivity index (χ1v) is 8.21. The van der Waals surface area contributed by atoms with Crippen LogP contribution in [-0.2, 0) is 4.74 Å². The summed E-state index contributed by atoms with van der Waals surface area (Å²) in [6, 6.07) is 7.48. The van der Waals surface area contributed by atoms with Gasteiger partial charge in [0.25, 0.3) is 0 Å². The number of hydrogen-bond donors (Lipinski definition) is 1. The largest absolute Gasteiger partial charge is 0.376 e. The van der Waals surface area contributed by atoms with E-state index in [2.05, 4.69) is 72.2 Å². The highest BCUT2D eigenvalue weighted by molar-refractivity contribution is 9.10. The average Bonchev–Trinajstić information content (AvgIpc) is 2.84. The zero-order valence-electron chi connectivity index (χ0n) is 12.8. The topological polar surface area (TPSA) is 24.5 Å². The maximum Gasteiger partial charge on any atom is 0.0750 e. The van der Waals surface area contributed by atoms with Crippen molar-refractivity contribution in [1.29, 1.82) is 0 Å². The molecule has 2 rings (SSSR count). The lowest BCUT2D eigenvalue weighted by atomic mass is 10.1. The molecule has 1 saturated heterocycles. The van der Waals surface area contributed by atoms with Gasteiger partial charge in [0.15, 0.2) is 0 Å². The average molecular weight is 341 g/mol. The first-order chi connectivity index (χ1) is 9.54. The first kappa shape index (κ1) is 15.8. The van der Waals surface area contributed by atoms with Crippen molar-refractivity contribution < 1.29 is 4.74 Å². The summed E-state index contributed by atoms with van der Waals surface area (Å²) in [6.07, 6.45) is 1.40. The molecule has 0 saturated carbocycles. The molecule has 1 aromatic carbocycles. The molecule has 20 heavy (non-hydrogen) atoms. The second kappa shape index (κ2) is 6.92. The molecule has 3 nitrogen and oxygen atoms in total. The molecule has 1 aliphatic rings. The second-order valence-corrected chi connectivity index (χ2v) is 6.39. The minimum Gasteiger partial charge on any atom is -0.376 e. The first-order valence-electron chi connectivity index (χ1n) is 7.41. The van der Waals surface area contributed by atoms with Crippen molar-refractivity contribution in [3.05, 3.63) is 28.2 Å². The van der Waals surface area contributed by atoms with Crippen molar-refractivity contribution in [2.24, 2.45) is 0 Å². The van der Waals surface area contributed by atoms with Crippen molar-refractivity contribution in [2.45, 2.75) is 45.4 Å². The smallest absolute Gasteiger partial charge is 0.0750 e. The molecule has 1 heterocycles. The summed E-state index contributed by atoms with van der Waals surface area (Å²) in [5.74, 6) is 0. The number of hydrogen-bond acceptors (Lipinski definition) is 3. The molecule has 0 aliphatic carbocycles. The number of anilines is 1. The van der Waals surface area contributed by atoms with Crippen molar-refractivity contribution >= 4 is 21.6 Å². The van der Waals surface area contributed by atoms with Gasteiger partial charge in [0.1, 0.15) is 0 Å². The van der Waals surface area contributed by atoms with Crippen LogP contribution in [0.5, 0.6) is 0 Å². The van der Waals surface area contributed by atoms with Gasteiger partial charge in [0, 0.05) is 24.2 Å². The number of nitrogens with zero attached hydrogens (tertiary/aromatic N) is 1.